The average molecular weight is 209 g/mol. The van der Waals surface area contributed by atoms with E-state index >= 15 is 0 Å². The molecule has 0 unspecified atom stereocenters. The Kier molecular flexibility index (Phi) is 2.70. The molecular weight excluding hydrogens is 194 g/mol. The smallest absolute Gasteiger partial charge is 0.160 e. The summed E-state index contributed by atoms with van der Waals surface area (Å²) in [6.07, 6.45) is 6.22. The Morgan fingerprint density at radius 3 is 2.67 bits per heavy atom. The lowest BCUT2D eigenvalue weighted by Crippen LogP contribution is -2.48. The quantitative estimate of drug-likeness (QED) is 0.414. The number of nitrogens with two attached hydrogens (primary N) is 1. The van der Waals surface area contributed by atoms with Gasteiger partial charge in [0.05, 0.1) is 24.5 Å². The van der Waals surface area contributed by atoms with Crippen molar-refractivity contribution >= 4 is 11.6 Å². The molecule has 6 nitrogen and oxygen atoms in total. The number of aromatic nitrogens is 2. The maximum absolute atomic E-state index is 9.27. The summed E-state index contributed by atoms with van der Waals surface area (Å²) in [6.45, 7) is 0.120. The highest BCUT2D eigenvalue weighted by atomic mass is 16.3. The highest BCUT2D eigenvalue weighted by molar-refractivity contribution is 5.43. The minimum Gasteiger partial charge on any atom is -0.394 e. The van der Waals surface area contributed by atoms with Crippen molar-refractivity contribution in [2.75, 3.05) is 17.3 Å². The average Bonchev–Trinajstić information content (AvgIpc) is 2.24. The van der Waals surface area contributed by atoms with Gasteiger partial charge in [0.1, 0.15) is 5.82 Å². The van der Waals surface area contributed by atoms with Crippen LogP contribution in [0, 0.1) is 0 Å². The minimum atomic E-state index is -0.206. The first kappa shape index (κ1) is 10.1. The van der Waals surface area contributed by atoms with Gasteiger partial charge in [-0.1, -0.05) is 0 Å². The molecule has 0 amide bonds. The van der Waals surface area contributed by atoms with E-state index in [9.17, 15) is 5.11 Å². The fraction of sp³-hybridized carbons (Fsp3) is 0.556. The van der Waals surface area contributed by atoms with Crippen molar-refractivity contribution < 1.29 is 5.11 Å². The minimum absolute atomic E-state index is 0.120. The largest absolute Gasteiger partial charge is 0.394 e. The van der Waals surface area contributed by atoms with Gasteiger partial charge in [0.25, 0.3) is 0 Å². The first-order valence-electron chi connectivity index (χ1n) is 4.96. The molecular formula is C9H15N5O. The Hall–Kier alpha value is -1.40. The Morgan fingerprint density at radius 2 is 2.13 bits per heavy atom. The van der Waals surface area contributed by atoms with E-state index in [1.54, 1.807) is 6.20 Å². The molecule has 5 N–H and O–H groups in total. The van der Waals surface area contributed by atoms with E-state index in [1.165, 1.54) is 6.20 Å². The number of nitrogens with zero attached hydrogens (tertiary/aromatic N) is 2. The molecule has 15 heavy (non-hydrogen) atoms. The van der Waals surface area contributed by atoms with E-state index in [1.807, 2.05) is 0 Å². The molecule has 0 aliphatic heterocycles. The van der Waals surface area contributed by atoms with E-state index in [0.29, 0.717) is 11.6 Å². The van der Waals surface area contributed by atoms with Gasteiger partial charge in [-0.15, -0.1) is 0 Å². The maximum atomic E-state index is 9.27. The van der Waals surface area contributed by atoms with Gasteiger partial charge in [-0.05, 0) is 19.3 Å². The van der Waals surface area contributed by atoms with E-state index in [0.717, 1.165) is 19.3 Å². The van der Waals surface area contributed by atoms with Crippen LogP contribution in [-0.2, 0) is 0 Å². The molecule has 6 heteroatoms. The first-order valence-corrected chi connectivity index (χ1v) is 4.96. The molecule has 0 bridgehead atoms. The molecule has 0 saturated heterocycles. The second-order valence-electron chi connectivity index (χ2n) is 3.85. The third-order valence-electron chi connectivity index (χ3n) is 2.79. The number of aliphatic hydroxyl groups is 1. The van der Waals surface area contributed by atoms with Crippen LogP contribution in [0.2, 0.25) is 0 Å². The summed E-state index contributed by atoms with van der Waals surface area (Å²) in [5.74, 6) is 6.38. The fourth-order valence-corrected chi connectivity index (χ4v) is 1.69. The van der Waals surface area contributed by atoms with Crippen LogP contribution in [0.3, 0.4) is 0 Å². The molecule has 82 valence electrons. The number of anilines is 2. The summed E-state index contributed by atoms with van der Waals surface area (Å²) >= 11 is 0. The molecule has 0 radical (unpaired) electrons. The molecule has 1 heterocycles. The molecule has 0 spiro atoms. The Balaban J connectivity index is 2.09. The van der Waals surface area contributed by atoms with Crippen LogP contribution in [0.1, 0.15) is 19.3 Å². The van der Waals surface area contributed by atoms with Gasteiger partial charge in [-0.2, -0.15) is 0 Å². The summed E-state index contributed by atoms with van der Waals surface area (Å²) < 4.78 is 0. The molecule has 0 aromatic carbocycles. The predicted octanol–water partition coefficient (Wildman–Crippen LogP) is 0.0891. The summed E-state index contributed by atoms with van der Waals surface area (Å²) in [7, 11) is 0. The highest BCUT2D eigenvalue weighted by Gasteiger charge is 2.36. The van der Waals surface area contributed by atoms with Crippen molar-refractivity contribution in [2.24, 2.45) is 5.84 Å². The monoisotopic (exact) mass is 209 g/mol. The molecule has 0 atom stereocenters. The second kappa shape index (κ2) is 4.00. The second-order valence-corrected chi connectivity index (χ2v) is 3.85. The van der Waals surface area contributed by atoms with Crippen LogP contribution in [0.15, 0.2) is 12.4 Å². The van der Waals surface area contributed by atoms with Crippen LogP contribution in [0.5, 0.6) is 0 Å². The number of rotatable bonds is 4. The van der Waals surface area contributed by atoms with Gasteiger partial charge in [0.2, 0.25) is 0 Å². The third-order valence-corrected chi connectivity index (χ3v) is 2.79. The van der Waals surface area contributed by atoms with E-state index in [-0.39, 0.29) is 12.1 Å². The Bertz CT molecular complexity index is 334. The first-order chi connectivity index (χ1) is 7.28. The van der Waals surface area contributed by atoms with Gasteiger partial charge in [-0.25, -0.2) is 10.8 Å². The zero-order valence-corrected chi connectivity index (χ0v) is 8.40. The van der Waals surface area contributed by atoms with Gasteiger partial charge in [0, 0.05) is 0 Å². The number of aliphatic hydroxyl groups excluding tert-OH is 1. The zero-order chi connectivity index (χ0) is 10.7. The van der Waals surface area contributed by atoms with Crippen molar-refractivity contribution in [3.63, 3.8) is 0 Å². The van der Waals surface area contributed by atoms with E-state index < -0.39 is 0 Å². The number of hydrazine groups is 1. The normalized spacial score (nSPS) is 18.0. The summed E-state index contributed by atoms with van der Waals surface area (Å²) in [5, 5.41) is 12.5. The number of hydrogen-bond acceptors (Lipinski definition) is 6. The molecule has 1 fully saturated rings. The standard InChI is InChI=1S/C9H15N5O/c10-14-8-5-11-4-7(12-8)13-9(6-15)2-1-3-9/h4-5,15H,1-3,6,10H2,(H2,12,13,14). The van der Waals surface area contributed by atoms with Crippen molar-refractivity contribution in [3.05, 3.63) is 12.4 Å². The molecule has 1 aliphatic rings. The zero-order valence-electron chi connectivity index (χ0n) is 8.40. The highest BCUT2D eigenvalue weighted by Crippen LogP contribution is 2.34. The molecule has 1 aromatic heterocycles. The molecule has 1 aromatic rings. The lowest BCUT2D eigenvalue weighted by molar-refractivity contribution is 0.144. The fourth-order valence-electron chi connectivity index (χ4n) is 1.69. The molecule has 2 rings (SSSR count). The predicted molar refractivity (Wildman–Crippen MR) is 57.1 cm³/mol. The van der Waals surface area contributed by atoms with E-state index in [4.69, 9.17) is 5.84 Å². The summed E-state index contributed by atoms with van der Waals surface area (Å²) in [6, 6.07) is 0. The lowest BCUT2D eigenvalue weighted by atomic mass is 9.77. The van der Waals surface area contributed by atoms with Crippen molar-refractivity contribution in [2.45, 2.75) is 24.8 Å². The van der Waals surface area contributed by atoms with E-state index in [2.05, 4.69) is 20.7 Å². The van der Waals surface area contributed by atoms with Crippen LogP contribution in [-0.4, -0.2) is 27.2 Å². The summed E-state index contributed by atoms with van der Waals surface area (Å²) in [5.41, 5.74) is 2.22. The third kappa shape index (κ3) is 2.00. The van der Waals surface area contributed by atoms with Crippen molar-refractivity contribution in [3.8, 4) is 0 Å². The van der Waals surface area contributed by atoms with Crippen LogP contribution in [0.25, 0.3) is 0 Å². The lowest BCUT2D eigenvalue weighted by Gasteiger charge is -2.41. The van der Waals surface area contributed by atoms with Crippen molar-refractivity contribution in [1.82, 2.24) is 9.97 Å². The van der Waals surface area contributed by atoms with Crippen LogP contribution >= 0.6 is 0 Å². The Labute approximate surface area is 87.9 Å². The van der Waals surface area contributed by atoms with Crippen LogP contribution < -0.4 is 16.6 Å². The topological polar surface area (TPSA) is 96.1 Å². The number of nitrogen functional groups attached to an aromatic ring is 1. The molecule has 1 saturated carbocycles. The Morgan fingerprint density at radius 1 is 1.40 bits per heavy atom. The van der Waals surface area contributed by atoms with Gasteiger partial charge >= 0.3 is 0 Å². The number of hydrogen-bond donors (Lipinski definition) is 4. The van der Waals surface area contributed by atoms with Crippen molar-refractivity contribution in [1.29, 1.82) is 0 Å². The maximum Gasteiger partial charge on any atom is 0.160 e. The van der Waals surface area contributed by atoms with Crippen LogP contribution in [0.4, 0.5) is 11.6 Å². The summed E-state index contributed by atoms with van der Waals surface area (Å²) in [4.78, 5) is 8.17. The van der Waals surface area contributed by atoms with Gasteiger partial charge in [0.15, 0.2) is 5.82 Å². The van der Waals surface area contributed by atoms with Gasteiger partial charge < -0.3 is 15.8 Å². The number of nitrogens with one attached hydrogen (secondary N) is 2. The molecule has 1 aliphatic carbocycles. The SMILES string of the molecule is NNc1cncc(NC2(CO)CCC2)n1. The van der Waals surface area contributed by atoms with Gasteiger partial charge in [-0.3, -0.25) is 4.98 Å².